The van der Waals surface area contributed by atoms with E-state index < -0.39 is 23.6 Å². The molecule has 0 bridgehead atoms. The number of nitrogens with one attached hydrogen (secondary N) is 1. The van der Waals surface area contributed by atoms with E-state index >= 15 is 0 Å². The van der Waals surface area contributed by atoms with Gasteiger partial charge in [0.05, 0.1) is 18.4 Å². The summed E-state index contributed by atoms with van der Waals surface area (Å²) in [5, 5.41) is 10.4. The smallest absolute Gasteiger partial charge is 0.442 e. The first-order valence-electron chi connectivity index (χ1n) is 7.69. The summed E-state index contributed by atoms with van der Waals surface area (Å²) in [4.78, 5) is 12.8. The molecule has 0 radical (unpaired) electrons. The number of hydrogen-bond acceptors (Lipinski definition) is 4. The molecule has 0 fully saturated rings. The van der Waals surface area contributed by atoms with Gasteiger partial charge in [0.25, 0.3) is 11.6 Å². The topological polar surface area (TPSA) is 61.8 Å². The van der Waals surface area contributed by atoms with Crippen LogP contribution in [0.25, 0.3) is 5.70 Å². The second kappa shape index (κ2) is 6.58. The van der Waals surface area contributed by atoms with Gasteiger partial charge in [-0.15, -0.1) is 0 Å². The Kier molecular flexibility index (Phi) is 4.56. The van der Waals surface area contributed by atoms with Crippen LogP contribution < -0.4 is 10.2 Å². The molecule has 1 heterocycles. The predicted molar refractivity (Wildman–Crippen MR) is 87.7 cm³/mol. The first-order chi connectivity index (χ1) is 12.7. The lowest BCUT2D eigenvalue weighted by atomic mass is 10.1. The fourth-order valence-corrected chi connectivity index (χ4v) is 2.64. The SMILES string of the molecule is COc1ccccc1C(=O)N1NC(c2ccc(F)cc2)=C[C@@]1(O)C(F)(F)F. The molecule has 0 aromatic heterocycles. The Bertz CT molecular complexity index is 896. The van der Waals surface area contributed by atoms with Gasteiger partial charge in [-0.2, -0.15) is 13.2 Å². The fraction of sp³-hybridized carbons (Fsp3) is 0.167. The zero-order valence-corrected chi connectivity index (χ0v) is 13.9. The Hall–Kier alpha value is -3.07. The quantitative estimate of drug-likeness (QED) is 0.801. The lowest BCUT2D eigenvalue weighted by Crippen LogP contribution is -2.60. The summed E-state index contributed by atoms with van der Waals surface area (Å²) >= 11 is 0. The van der Waals surface area contributed by atoms with E-state index in [-0.39, 0.29) is 27.6 Å². The standard InChI is InChI=1S/C18H14F4N2O3/c1-27-15-5-3-2-4-13(15)16(25)24-17(26,18(20,21)22)10-14(23-24)11-6-8-12(19)9-7-11/h2-10,23,26H,1H3/t17-/m1/s1. The molecule has 2 aromatic rings. The number of carbonyl (C=O) groups is 1. The van der Waals surface area contributed by atoms with E-state index in [1.165, 1.54) is 37.4 Å². The highest BCUT2D eigenvalue weighted by Crippen LogP contribution is 2.41. The summed E-state index contributed by atoms with van der Waals surface area (Å²) in [7, 11) is 1.27. The van der Waals surface area contributed by atoms with Gasteiger partial charge in [0.15, 0.2) is 0 Å². The second-order valence-corrected chi connectivity index (χ2v) is 5.74. The van der Waals surface area contributed by atoms with Gasteiger partial charge in [-0.3, -0.25) is 10.2 Å². The van der Waals surface area contributed by atoms with Crippen LogP contribution in [0.3, 0.4) is 0 Å². The highest BCUT2D eigenvalue weighted by atomic mass is 19.4. The van der Waals surface area contributed by atoms with E-state index in [1.54, 1.807) is 6.07 Å². The monoisotopic (exact) mass is 382 g/mol. The molecule has 1 aliphatic heterocycles. The molecule has 2 aromatic carbocycles. The minimum atomic E-state index is -5.19. The summed E-state index contributed by atoms with van der Waals surface area (Å²) in [6.07, 6.45) is -4.73. The molecule has 1 amide bonds. The van der Waals surface area contributed by atoms with Gasteiger partial charge in [0.2, 0.25) is 0 Å². The van der Waals surface area contributed by atoms with Gasteiger partial charge in [-0.05, 0) is 42.0 Å². The average Bonchev–Trinajstić information content (AvgIpc) is 3.00. The largest absolute Gasteiger partial charge is 0.496 e. The van der Waals surface area contributed by atoms with E-state index in [0.717, 1.165) is 12.1 Å². The molecule has 142 valence electrons. The molecule has 0 saturated heterocycles. The number of nitrogens with zero attached hydrogens (tertiary/aromatic N) is 1. The van der Waals surface area contributed by atoms with Crippen LogP contribution in [0.15, 0.2) is 54.6 Å². The van der Waals surface area contributed by atoms with Crippen molar-refractivity contribution in [2.75, 3.05) is 7.11 Å². The number of ether oxygens (including phenoxy) is 1. The summed E-state index contributed by atoms with van der Waals surface area (Å²) in [5.41, 5.74) is -1.54. The van der Waals surface area contributed by atoms with Crippen LogP contribution in [-0.4, -0.2) is 35.0 Å². The van der Waals surface area contributed by atoms with Crippen molar-refractivity contribution >= 4 is 11.6 Å². The lowest BCUT2D eigenvalue weighted by Gasteiger charge is -2.34. The molecule has 1 atom stereocenters. The van der Waals surface area contributed by atoms with Crippen LogP contribution in [0, 0.1) is 5.82 Å². The summed E-state index contributed by atoms with van der Waals surface area (Å²) in [6, 6.07) is 10.2. The van der Waals surface area contributed by atoms with E-state index in [9.17, 15) is 27.5 Å². The number of amides is 1. The lowest BCUT2D eigenvalue weighted by molar-refractivity contribution is -0.283. The highest BCUT2D eigenvalue weighted by Gasteiger charge is 2.62. The fourth-order valence-electron chi connectivity index (χ4n) is 2.64. The third-order valence-corrected chi connectivity index (χ3v) is 4.03. The van der Waals surface area contributed by atoms with Crippen molar-refractivity contribution in [2.45, 2.75) is 11.9 Å². The number of aliphatic hydroxyl groups is 1. The maximum atomic E-state index is 13.6. The number of carbonyl (C=O) groups excluding carboxylic acids is 1. The van der Waals surface area contributed by atoms with E-state index in [1.807, 2.05) is 0 Å². The molecular formula is C18H14F4N2O3. The maximum Gasteiger partial charge on any atom is 0.442 e. The molecule has 0 aliphatic carbocycles. The third kappa shape index (κ3) is 3.21. The summed E-state index contributed by atoms with van der Waals surface area (Å²) in [5.74, 6) is -1.69. The average molecular weight is 382 g/mol. The molecular weight excluding hydrogens is 368 g/mol. The van der Waals surface area contributed by atoms with Crippen molar-refractivity contribution in [3.63, 3.8) is 0 Å². The van der Waals surface area contributed by atoms with Crippen LogP contribution in [-0.2, 0) is 0 Å². The van der Waals surface area contributed by atoms with Gasteiger partial charge in [0.1, 0.15) is 11.6 Å². The summed E-state index contributed by atoms with van der Waals surface area (Å²) in [6.45, 7) is 0. The number of halogens is 4. The second-order valence-electron chi connectivity index (χ2n) is 5.74. The maximum absolute atomic E-state index is 13.6. The number of alkyl halides is 3. The third-order valence-electron chi connectivity index (χ3n) is 4.03. The van der Waals surface area contributed by atoms with Crippen molar-refractivity contribution in [3.05, 3.63) is 71.6 Å². The van der Waals surface area contributed by atoms with Gasteiger partial charge < -0.3 is 9.84 Å². The summed E-state index contributed by atoms with van der Waals surface area (Å²) < 4.78 is 58.8. The van der Waals surface area contributed by atoms with Crippen molar-refractivity contribution in [3.8, 4) is 5.75 Å². The van der Waals surface area contributed by atoms with Crippen molar-refractivity contribution < 1.29 is 32.2 Å². The predicted octanol–water partition coefficient (Wildman–Crippen LogP) is 3.09. The Balaban J connectivity index is 2.04. The number of hydrazine groups is 1. The van der Waals surface area contributed by atoms with Crippen molar-refractivity contribution in [2.24, 2.45) is 0 Å². The van der Waals surface area contributed by atoms with E-state index in [2.05, 4.69) is 5.43 Å². The molecule has 0 saturated carbocycles. The van der Waals surface area contributed by atoms with Crippen molar-refractivity contribution in [1.29, 1.82) is 0 Å². The van der Waals surface area contributed by atoms with Gasteiger partial charge >= 0.3 is 6.18 Å². The van der Waals surface area contributed by atoms with Crippen LogP contribution in [0.1, 0.15) is 15.9 Å². The number of rotatable bonds is 3. The first-order valence-corrected chi connectivity index (χ1v) is 7.69. The molecule has 0 unspecified atom stereocenters. The minimum Gasteiger partial charge on any atom is -0.496 e. The Labute approximate surface area is 151 Å². The Morgan fingerprint density at radius 2 is 1.78 bits per heavy atom. The Morgan fingerprint density at radius 1 is 1.15 bits per heavy atom. The van der Waals surface area contributed by atoms with E-state index in [4.69, 9.17) is 4.74 Å². The zero-order valence-electron chi connectivity index (χ0n) is 13.9. The highest BCUT2D eigenvalue weighted by molar-refractivity contribution is 5.98. The van der Waals surface area contributed by atoms with E-state index in [0.29, 0.717) is 6.08 Å². The Morgan fingerprint density at radius 3 is 2.37 bits per heavy atom. The normalized spacial score (nSPS) is 19.5. The molecule has 5 nitrogen and oxygen atoms in total. The number of methoxy groups -OCH3 is 1. The van der Waals surface area contributed by atoms with Crippen LogP contribution >= 0.6 is 0 Å². The van der Waals surface area contributed by atoms with Crippen molar-refractivity contribution in [1.82, 2.24) is 10.4 Å². The number of hydrogen-bond donors (Lipinski definition) is 2. The first kappa shape index (κ1) is 18.7. The van der Waals surface area contributed by atoms with Crippen LogP contribution in [0.2, 0.25) is 0 Å². The molecule has 27 heavy (non-hydrogen) atoms. The molecule has 0 spiro atoms. The number of benzene rings is 2. The van der Waals surface area contributed by atoms with Crippen LogP contribution in [0.5, 0.6) is 5.75 Å². The molecule has 3 rings (SSSR count). The molecule has 2 N–H and O–H groups in total. The molecule has 9 heteroatoms. The zero-order chi connectivity index (χ0) is 19.8. The minimum absolute atomic E-state index is 0.0454. The molecule has 1 aliphatic rings. The van der Waals surface area contributed by atoms with Crippen LogP contribution in [0.4, 0.5) is 17.6 Å². The van der Waals surface area contributed by atoms with Gasteiger partial charge in [-0.1, -0.05) is 12.1 Å². The van der Waals surface area contributed by atoms with Gasteiger partial charge in [0, 0.05) is 6.08 Å². The van der Waals surface area contributed by atoms with Gasteiger partial charge in [-0.25, -0.2) is 9.40 Å². The number of para-hydroxylation sites is 1.